The maximum absolute atomic E-state index is 12.6. The highest BCUT2D eigenvalue weighted by atomic mass is 19.4. The average molecular weight is 328 g/mol. The molecule has 0 aliphatic heterocycles. The number of halogens is 5. The van der Waals surface area contributed by atoms with Gasteiger partial charge in [-0.25, -0.2) is 0 Å². The van der Waals surface area contributed by atoms with E-state index in [0.717, 1.165) is 51.2 Å². The van der Waals surface area contributed by atoms with Crippen molar-refractivity contribution in [3.05, 3.63) is 12.2 Å². The lowest BCUT2D eigenvalue weighted by molar-refractivity contribution is -0.284. The normalized spacial score (nSPS) is 13.0. The number of unbranched alkanes of at least 4 members (excludes halogenated alkanes) is 9. The molecule has 130 valence electrons. The first-order valence-electron chi connectivity index (χ1n) is 7.86. The minimum Gasteiger partial charge on any atom is -0.299 e. The molecule has 22 heavy (non-hydrogen) atoms. The van der Waals surface area contributed by atoms with E-state index in [1.807, 2.05) is 6.08 Å². The summed E-state index contributed by atoms with van der Waals surface area (Å²) in [6, 6.07) is 0. The monoisotopic (exact) mass is 328 g/mol. The van der Waals surface area contributed by atoms with Gasteiger partial charge in [0.15, 0.2) is 0 Å². The molecule has 0 spiro atoms. The number of carbonyl (C=O) groups excluding carboxylic acids is 1. The first-order chi connectivity index (χ1) is 10.3. The summed E-state index contributed by atoms with van der Waals surface area (Å²) >= 11 is 0. The molecule has 0 saturated heterocycles. The summed E-state index contributed by atoms with van der Waals surface area (Å²) in [5.74, 6) is -4.55. The maximum Gasteiger partial charge on any atom is 0.453 e. The van der Waals surface area contributed by atoms with Crippen molar-refractivity contribution in [1.29, 1.82) is 0 Å². The van der Waals surface area contributed by atoms with Crippen LogP contribution in [0.5, 0.6) is 0 Å². The second-order valence-electron chi connectivity index (χ2n) is 5.49. The lowest BCUT2D eigenvalue weighted by Gasteiger charge is -2.19. The van der Waals surface area contributed by atoms with Gasteiger partial charge in [-0.1, -0.05) is 51.0 Å². The highest BCUT2D eigenvalue weighted by Crippen LogP contribution is 2.39. The van der Waals surface area contributed by atoms with E-state index in [4.69, 9.17) is 0 Å². The average Bonchev–Trinajstić information content (AvgIpc) is 2.42. The van der Waals surface area contributed by atoms with Crippen LogP contribution in [0.4, 0.5) is 22.0 Å². The molecular weight excluding hydrogens is 303 g/mol. The molecule has 0 saturated carbocycles. The van der Waals surface area contributed by atoms with Gasteiger partial charge in [-0.15, -0.1) is 0 Å². The SMILES string of the molecule is O=CC=CCCCCCCCCCCCC(F)(F)C(F)(F)F. The summed E-state index contributed by atoms with van der Waals surface area (Å²) in [5, 5.41) is 0. The second kappa shape index (κ2) is 11.6. The lowest BCUT2D eigenvalue weighted by Crippen LogP contribution is -2.36. The second-order valence-corrected chi connectivity index (χ2v) is 5.49. The van der Waals surface area contributed by atoms with Crippen LogP contribution in [0.2, 0.25) is 0 Å². The van der Waals surface area contributed by atoms with Crippen molar-refractivity contribution in [3.63, 3.8) is 0 Å². The van der Waals surface area contributed by atoms with Gasteiger partial charge in [-0.3, -0.25) is 4.79 Å². The predicted octanol–water partition coefficient (Wildman–Crippen LogP) is 6.23. The van der Waals surface area contributed by atoms with E-state index < -0.39 is 18.5 Å². The van der Waals surface area contributed by atoms with Crippen LogP contribution < -0.4 is 0 Å². The third-order valence-electron chi connectivity index (χ3n) is 3.49. The molecule has 0 aromatic rings. The number of rotatable bonds is 13. The topological polar surface area (TPSA) is 17.1 Å². The first-order valence-corrected chi connectivity index (χ1v) is 7.86. The van der Waals surface area contributed by atoms with Crippen LogP contribution in [0.25, 0.3) is 0 Å². The maximum atomic E-state index is 12.6. The van der Waals surface area contributed by atoms with Gasteiger partial charge in [-0.05, 0) is 25.3 Å². The Labute approximate surface area is 129 Å². The zero-order valence-electron chi connectivity index (χ0n) is 12.8. The molecule has 0 aromatic carbocycles. The van der Waals surface area contributed by atoms with Crippen LogP contribution in [0.15, 0.2) is 12.2 Å². The van der Waals surface area contributed by atoms with Gasteiger partial charge in [0.2, 0.25) is 0 Å². The molecule has 0 amide bonds. The van der Waals surface area contributed by atoms with E-state index in [1.54, 1.807) is 0 Å². The molecule has 0 atom stereocenters. The van der Waals surface area contributed by atoms with E-state index in [1.165, 1.54) is 6.08 Å². The molecule has 6 heteroatoms. The fourth-order valence-corrected chi connectivity index (χ4v) is 2.14. The van der Waals surface area contributed by atoms with Crippen molar-refractivity contribution >= 4 is 6.29 Å². The van der Waals surface area contributed by atoms with Crippen LogP contribution in [0.3, 0.4) is 0 Å². The molecule has 0 aromatic heterocycles. The number of allylic oxidation sites excluding steroid dienone is 2. The van der Waals surface area contributed by atoms with E-state index in [0.29, 0.717) is 12.8 Å². The number of hydrogen-bond acceptors (Lipinski definition) is 1. The third-order valence-corrected chi connectivity index (χ3v) is 3.49. The molecule has 0 bridgehead atoms. The zero-order chi connectivity index (χ0) is 16.9. The molecule has 0 heterocycles. The quantitative estimate of drug-likeness (QED) is 0.169. The number of carbonyl (C=O) groups is 1. The Balaban J connectivity index is 3.34. The highest BCUT2D eigenvalue weighted by Gasteiger charge is 2.56. The Morgan fingerprint density at radius 1 is 0.682 bits per heavy atom. The first kappa shape index (κ1) is 21.1. The molecule has 0 unspecified atom stereocenters. The van der Waals surface area contributed by atoms with Crippen LogP contribution in [-0.4, -0.2) is 18.4 Å². The molecule has 0 rings (SSSR count). The van der Waals surface area contributed by atoms with Gasteiger partial charge in [0.25, 0.3) is 0 Å². The third kappa shape index (κ3) is 10.7. The Morgan fingerprint density at radius 3 is 1.59 bits per heavy atom. The summed E-state index contributed by atoms with van der Waals surface area (Å²) in [7, 11) is 0. The van der Waals surface area contributed by atoms with Gasteiger partial charge in [-0.2, -0.15) is 22.0 Å². The summed E-state index contributed by atoms with van der Waals surface area (Å²) in [6.45, 7) is 0. The van der Waals surface area contributed by atoms with Crippen molar-refractivity contribution in [3.8, 4) is 0 Å². The zero-order valence-corrected chi connectivity index (χ0v) is 12.8. The molecule has 0 aliphatic carbocycles. The predicted molar refractivity (Wildman–Crippen MR) is 77.0 cm³/mol. The van der Waals surface area contributed by atoms with E-state index >= 15 is 0 Å². The van der Waals surface area contributed by atoms with Gasteiger partial charge in [0.05, 0.1) is 0 Å². The van der Waals surface area contributed by atoms with Crippen LogP contribution in [0.1, 0.15) is 70.6 Å². The van der Waals surface area contributed by atoms with Crippen LogP contribution >= 0.6 is 0 Å². The largest absolute Gasteiger partial charge is 0.453 e. The van der Waals surface area contributed by atoms with Crippen molar-refractivity contribution in [2.45, 2.75) is 82.7 Å². The van der Waals surface area contributed by atoms with Gasteiger partial charge >= 0.3 is 12.1 Å². The van der Waals surface area contributed by atoms with Crippen molar-refractivity contribution < 1.29 is 26.7 Å². The smallest absolute Gasteiger partial charge is 0.299 e. The Bertz CT molecular complexity index is 310. The van der Waals surface area contributed by atoms with Crippen LogP contribution in [-0.2, 0) is 4.79 Å². The Hall–Kier alpha value is -0.940. The van der Waals surface area contributed by atoms with Crippen molar-refractivity contribution in [2.24, 2.45) is 0 Å². The van der Waals surface area contributed by atoms with Crippen LogP contribution in [0, 0.1) is 0 Å². The van der Waals surface area contributed by atoms with E-state index in [9.17, 15) is 26.7 Å². The molecule has 1 nitrogen and oxygen atoms in total. The molecule has 0 N–H and O–H groups in total. The Morgan fingerprint density at radius 2 is 1.14 bits per heavy atom. The summed E-state index contributed by atoms with van der Waals surface area (Å²) < 4.78 is 60.9. The van der Waals surface area contributed by atoms with E-state index in [-0.39, 0.29) is 6.42 Å². The van der Waals surface area contributed by atoms with Crippen molar-refractivity contribution in [2.75, 3.05) is 0 Å². The Kier molecular flexibility index (Phi) is 11.1. The summed E-state index contributed by atoms with van der Waals surface area (Å²) in [4.78, 5) is 10.0. The van der Waals surface area contributed by atoms with Gasteiger partial charge in [0, 0.05) is 6.42 Å². The number of alkyl halides is 5. The summed E-state index contributed by atoms with van der Waals surface area (Å²) in [5.41, 5.74) is 0. The fourth-order valence-electron chi connectivity index (χ4n) is 2.14. The minimum absolute atomic E-state index is 0.0877. The molecule has 0 radical (unpaired) electrons. The van der Waals surface area contributed by atoms with Crippen molar-refractivity contribution in [1.82, 2.24) is 0 Å². The molecule has 0 aliphatic rings. The fraction of sp³-hybridized carbons (Fsp3) is 0.812. The van der Waals surface area contributed by atoms with E-state index in [2.05, 4.69) is 0 Å². The van der Waals surface area contributed by atoms with Gasteiger partial charge < -0.3 is 0 Å². The highest BCUT2D eigenvalue weighted by molar-refractivity contribution is 5.64. The minimum atomic E-state index is -5.42. The van der Waals surface area contributed by atoms with Gasteiger partial charge in [0.1, 0.15) is 6.29 Å². The number of aldehydes is 1. The molecular formula is C16H25F5O. The number of hydrogen-bond donors (Lipinski definition) is 0. The standard InChI is InChI=1S/C16H25F5O/c17-15(18,16(19,20)21)13-11-9-7-5-3-1-2-4-6-8-10-12-14-22/h10,12,14H,1-9,11,13H2. The molecule has 0 fully saturated rings. The lowest BCUT2D eigenvalue weighted by atomic mass is 10.0. The summed E-state index contributed by atoms with van der Waals surface area (Å²) in [6.07, 6.45) is 5.60.